The van der Waals surface area contributed by atoms with E-state index in [2.05, 4.69) is 12.5 Å². The molecule has 1 aromatic rings. The van der Waals surface area contributed by atoms with Crippen LogP contribution in [0.25, 0.3) is 0 Å². The van der Waals surface area contributed by atoms with Crippen molar-refractivity contribution in [2.45, 2.75) is 38.0 Å². The van der Waals surface area contributed by atoms with Crippen LogP contribution in [0.2, 0.25) is 0 Å². The van der Waals surface area contributed by atoms with Crippen LogP contribution in [0.1, 0.15) is 33.1 Å². The number of fused-ring (bicyclic) bond motifs is 2. The molecule has 0 saturated heterocycles. The van der Waals surface area contributed by atoms with Crippen LogP contribution in [-0.4, -0.2) is 42.1 Å². The Morgan fingerprint density at radius 2 is 1.80 bits per heavy atom. The molecule has 0 aromatic heterocycles. The molecule has 2 bridgehead atoms. The summed E-state index contributed by atoms with van der Waals surface area (Å²) < 4.78 is 32.7. The van der Waals surface area contributed by atoms with Crippen molar-refractivity contribution >= 4 is 26.8 Å². The molecule has 0 amide bonds. The molecular weight excluding hydrogens is 360 g/mol. The maximum absolute atomic E-state index is 11.8. The van der Waals surface area contributed by atoms with Crippen molar-refractivity contribution in [2.24, 2.45) is 16.7 Å². The van der Waals surface area contributed by atoms with E-state index in [1.54, 1.807) is 12.1 Å². The minimum absolute atomic E-state index is 0.0248. The highest BCUT2D eigenvalue weighted by atomic mass is 32.2. The van der Waals surface area contributed by atoms with Crippen LogP contribution in [-0.2, 0) is 25.8 Å². The number of carbonyl (C=O) groups is 1. The van der Waals surface area contributed by atoms with Gasteiger partial charge in [0.2, 0.25) is 0 Å². The van der Waals surface area contributed by atoms with E-state index in [0.717, 1.165) is 6.42 Å². The SMILES string of the molecule is CC1(C)C2CCC1(CS(=O)(=O)[O-])C(=O)C2.C[S+](C)c1ccc(O)cc1. The molecule has 1 N–H and O–H groups in total. The average molecular weight is 387 g/mol. The van der Waals surface area contributed by atoms with Crippen LogP contribution >= 0.6 is 0 Å². The average Bonchev–Trinajstić information content (AvgIpc) is 2.80. The number of aromatic hydroxyl groups is 1. The first-order valence-electron chi connectivity index (χ1n) is 8.22. The lowest BCUT2D eigenvalue weighted by molar-refractivity contribution is -0.128. The number of ketones is 1. The second-order valence-electron chi connectivity index (χ2n) is 7.68. The van der Waals surface area contributed by atoms with Gasteiger partial charge in [-0.15, -0.1) is 0 Å². The smallest absolute Gasteiger partial charge is 0.154 e. The Labute approximate surface area is 152 Å². The fourth-order valence-electron chi connectivity index (χ4n) is 4.13. The molecule has 2 atom stereocenters. The molecule has 1 aromatic carbocycles. The Balaban J connectivity index is 0.000000196. The number of phenolic OH excluding ortho intramolecular Hbond substituents is 1. The second-order valence-corrected chi connectivity index (χ2v) is 11.2. The third-order valence-electron chi connectivity index (χ3n) is 5.87. The predicted molar refractivity (Wildman–Crippen MR) is 98.7 cm³/mol. The van der Waals surface area contributed by atoms with Gasteiger partial charge in [0.05, 0.1) is 15.9 Å². The highest BCUT2D eigenvalue weighted by Crippen LogP contribution is 2.64. The van der Waals surface area contributed by atoms with Gasteiger partial charge in [-0.1, -0.05) is 13.8 Å². The molecule has 2 unspecified atom stereocenters. The van der Waals surface area contributed by atoms with Gasteiger partial charge in [0, 0.05) is 22.7 Å². The van der Waals surface area contributed by atoms with Crippen LogP contribution in [0.4, 0.5) is 0 Å². The number of Topliss-reactive ketones (excluding diaryl/α,β-unsaturated/α-hetero) is 1. The molecule has 2 aliphatic rings. The molecule has 3 rings (SSSR count). The van der Waals surface area contributed by atoms with Gasteiger partial charge in [0.15, 0.2) is 4.90 Å². The van der Waals surface area contributed by atoms with Gasteiger partial charge in [-0.05, 0) is 48.4 Å². The van der Waals surface area contributed by atoms with Gasteiger partial charge < -0.3 is 9.66 Å². The number of benzene rings is 1. The van der Waals surface area contributed by atoms with Gasteiger partial charge in [-0.2, -0.15) is 0 Å². The number of hydrogen-bond donors (Lipinski definition) is 1. The summed E-state index contributed by atoms with van der Waals surface area (Å²) in [4.78, 5) is 13.1. The number of rotatable bonds is 3. The van der Waals surface area contributed by atoms with Crippen LogP contribution in [0.15, 0.2) is 29.2 Å². The highest BCUT2D eigenvalue weighted by Gasteiger charge is 2.64. The van der Waals surface area contributed by atoms with E-state index in [1.165, 1.54) is 4.90 Å². The molecule has 2 fully saturated rings. The zero-order chi connectivity index (χ0) is 19.0. The van der Waals surface area contributed by atoms with E-state index in [0.29, 0.717) is 29.5 Å². The summed E-state index contributed by atoms with van der Waals surface area (Å²) in [6, 6.07) is 7.36. The van der Waals surface area contributed by atoms with Crippen molar-refractivity contribution in [3.8, 4) is 5.75 Å². The maximum Gasteiger partial charge on any atom is 0.154 e. The van der Waals surface area contributed by atoms with Crippen molar-refractivity contribution in [1.82, 2.24) is 0 Å². The van der Waals surface area contributed by atoms with E-state index in [9.17, 15) is 17.8 Å². The van der Waals surface area contributed by atoms with Crippen molar-refractivity contribution < 1.29 is 22.9 Å². The molecule has 7 heteroatoms. The van der Waals surface area contributed by atoms with Crippen LogP contribution in [0, 0.1) is 16.7 Å². The lowest BCUT2D eigenvalue weighted by Gasteiger charge is -2.37. The Hall–Kier alpha value is -1.05. The summed E-state index contributed by atoms with van der Waals surface area (Å²) in [6.45, 7) is 3.83. The Morgan fingerprint density at radius 1 is 1.24 bits per heavy atom. The molecule has 140 valence electrons. The van der Waals surface area contributed by atoms with E-state index in [-0.39, 0.29) is 17.1 Å². The van der Waals surface area contributed by atoms with E-state index in [4.69, 9.17) is 5.11 Å². The monoisotopic (exact) mass is 386 g/mol. The van der Waals surface area contributed by atoms with Gasteiger partial charge >= 0.3 is 0 Å². The molecule has 2 saturated carbocycles. The molecule has 0 radical (unpaired) electrons. The normalized spacial score (nSPS) is 27.3. The van der Waals surface area contributed by atoms with Crippen LogP contribution in [0.3, 0.4) is 0 Å². The first kappa shape index (κ1) is 20.3. The van der Waals surface area contributed by atoms with Crippen molar-refractivity contribution in [2.75, 3.05) is 18.3 Å². The topological polar surface area (TPSA) is 94.5 Å². The minimum atomic E-state index is -4.33. The number of phenols is 1. The molecule has 5 nitrogen and oxygen atoms in total. The fraction of sp³-hybridized carbons (Fsp3) is 0.611. The number of carbonyl (C=O) groups excluding carboxylic acids is 1. The zero-order valence-electron chi connectivity index (χ0n) is 15.1. The summed E-state index contributed by atoms with van der Waals surface area (Å²) in [5.74, 6) is 0.0617. The zero-order valence-corrected chi connectivity index (χ0v) is 16.7. The van der Waals surface area contributed by atoms with Gasteiger partial charge in [0.25, 0.3) is 0 Å². The highest BCUT2D eigenvalue weighted by molar-refractivity contribution is 7.95. The first-order valence-corrected chi connectivity index (χ1v) is 11.8. The van der Waals surface area contributed by atoms with Crippen molar-refractivity contribution in [1.29, 1.82) is 0 Å². The van der Waals surface area contributed by atoms with Crippen molar-refractivity contribution in [3.05, 3.63) is 24.3 Å². The van der Waals surface area contributed by atoms with E-state index < -0.39 is 21.3 Å². The third-order valence-corrected chi connectivity index (χ3v) is 7.93. The van der Waals surface area contributed by atoms with Gasteiger partial charge in [-0.25, -0.2) is 8.42 Å². The molecule has 25 heavy (non-hydrogen) atoms. The van der Waals surface area contributed by atoms with E-state index >= 15 is 0 Å². The predicted octanol–water partition coefficient (Wildman–Crippen LogP) is 2.56. The standard InChI is InChI=1S/C10H16O4S.C8H10OS/c1-9(2)7-3-4-10(9,8(11)5-7)6-15(12,13)14;1-10(2)8-5-3-7(9)4-6-8/h7H,3-6H2,1-2H3,(H,12,13,14);3-6H,1-2H3. The summed E-state index contributed by atoms with van der Waals surface area (Å²) >= 11 is 0. The second kappa shape index (κ2) is 6.93. The summed E-state index contributed by atoms with van der Waals surface area (Å²) in [5, 5.41) is 8.94. The Morgan fingerprint density at radius 3 is 2.16 bits per heavy atom. The van der Waals surface area contributed by atoms with Crippen molar-refractivity contribution in [3.63, 3.8) is 0 Å². The number of hydrogen-bond acceptors (Lipinski definition) is 5. The fourth-order valence-corrected chi connectivity index (χ4v) is 6.09. The Bertz CT molecular complexity index is 737. The van der Waals surface area contributed by atoms with Crippen LogP contribution < -0.4 is 0 Å². The van der Waals surface area contributed by atoms with Crippen LogP contribution in [0.5, 0.6) is 5.75 Å². The summed E-state index contributed by atoms with van der Waals surface area (Å²) in [5.41, 5.74) is -1.22. The first-order chi connectivity index (χ1) is 11.4. The molecule has 0 heterocycles. The molecule has 2 aliphatic carbocycles. The lowest BCUT2D eigenvalue weighted by Crippen LogP contribution is -2.42. The van der Waals surface area contributed by atoms with Gasteiger partial charge in [-0.3, -0.25) is 4.79 Å². The lowest BCUT2D eigenvalue weighted by atomic mass is 9.70. The minimum Gasteiger partial charge on any atom is -0.748 e. The van der Waals surface area contributed by atoms with Gasteiger partial charge in [0.1, 0.15) is 24.0 Å². The molecular formula is C18H26O5S2. The Kier molecular flexibility index (Phi) is 5.62. The molecule has 0 aliphatic heterocycles. The summed E-state index contributed by atoms with van der Waals surface area (Å²) in [6.07, 6.45) is 6.19. The third kappa shape index (κ3) is 4.04. The quantitative estimate of drug-likeness (QED) is 0.636. The summed E-state index contributed by atoms with van der Waals surface area (Å²) in [7, 11) is -4.02. The van der Waals surface area contributed by atoms with E-state index in [1.807, 2.05) is 26.0 Å². The molecule has 0 spiro atoms. The maximum atomic E-state index is 11.8. The largest absolute Gasteiger partial charge is 0.748 e.